The van der Waals surface area contributed by atoms with Gasteiger partial charge >= 0.3 is 12.1 Å². The maximum Gasteiger partial charge on any atom is 0.490 e. The van der Waals surface area contributed by atoms with Crippen LogP contribution in [0.5, 0.6) is 0 Å². The van der Waals surface area contributed by atoms with Gasteiger partial charge in [-0.05, 0) is 44.7 Å². The van der Waals surface area contributed by atoms with E-state index in [1.54, 1.807) is 21.3 Å². The summed E-state index contributed by atoms with van der Waals surface area (Å²) >= 11 is 0. The molecule has 2 aromatic carbocycles. The van der Waals surface area contributed by atoms with E-state index in [2.05, 4.69) is 0 Å². The van der Waals surface area contributed by atoms with E-state index in [-0.39, 0.29) is 18.0 Å². The van der Waals surface area contributed by atoms with Crippen LogP contribution in [0.2, 0.25) is 0 Å². The molecule has 2 aromatic rings. The van der Waals surface area contributed by atoms with Gasteiger partial charge in [0.15, 0.2) is 0 Å². The van der Waals surface area contributed by atoms with E-state index in [9.17, 15) is 26.4 Å². The molecule has 35 heavy (non-hydrogen) atoms. The Morgan fingerprint density at radius 3 is 2.14 bits per heavy atom. The average Bonchev–Trinajstić information content (AvgIpc) is 3.23. The SMILES string of the molecule is Cc1ccc(S(=O)(=O)N2CCC3(CN(c4ccccc4)C(=O)CN3C)C2)cc1.O=C(O)C(F)(F)F. The number of carboxylic acids is 1. The van der Waals surface area contributed by atoms with Crippen LogP contribution in [0, 0.1) is 6.92 Å². The average molecular weight is 514 g/mol. The van der Waals surface area contributed by atoms with Gasteiger partial charge in [0.2, 0.25) is 15.9 Å². The summed E-state index contributed by atoms with van der Waals surface area (Å²) in [7, 11) is -1.63. The number of nitrogens with zero attached hydrogens (tertiary/aromatic N) is 3. The van der Waals surface area contributed by atoms with Crippen LogP contribution in [0.4, 0.5) is 18.9 Å². The normalized spacial score (nSPS) is 21.6. The maximum absolute atomic E-state index is 13.1. The van der Waals surface area contributed by atoms with E-state index < -0.39 is 22.2 Å². The minimum absolute atomic E-state index is 0.0409. The number of aliphatic carboxylic acids is 1. The Labute approximate surface area is 201 Å². The van der Waals surface area contributed by atoms with Gasteiger partial charge in [-0.3, -0.25) is 9.69 Å². The number of aryl methyl sites for hydroxylation is 1. The molecule has 2 heterocycles. The van der Waals surface area contributed by atoms with Crippen molar-refractivity contribution >= 4 is 27.6 Å². The number of carbonyl (C=O) groups is 2. The predicted molar refractivity (Wildman–Crippen MR) is 122 cm³/mol. The summed E-state index contributed by atoms with van der Waals surface area (Å²) in [6.45, 7) is 3.56. The fourth-order valence-electron chi connectivity index (χ4n) is 4.13. The Kier molecular flexibility index (Phi) is 7.58. The van der Waals surface area contributed by atoms with Crippen LogP contribution in [-0.2, 0) is 19.6 Å². The highest BCUT2D eigenvalue weighted by molar-refractivity contribution is 7.89. The lowest BCUT2D eigenvalue weighted by Crippen LogP contribution is -2.64. The summed E-state index contributed by atoms with van der Waals surface area (Å²) in [6, 6.07) is 16.6. The molecule has 1 amide bonds. The number of piperazine rings is 1. The first-order valence-corrected chi connectivity index (χ1v) is 12.1. The monoisotopic (exact) mass is 513 g/mol. The van der Waals surface area contributed by atoms with Crippen LogP contribution in [0.1, 0.15) is 12.0 Å². The van der Waals surface area contributed by atoms with Crippen molar-refractivity contribution in [2.45, 2.75) is 30.0 Å². The molecule has 2 aliphatic rings. The molecule has 1 atom stereocenters. The molecule has 0 saturated carbocycles. The number of sulfonamides is 1. The van der Waals surface area contributed by atoms with Gasteiger partial charge in [0.1, 0.15) is 0 Å². The molecule has 4 rings (SSSR count). The van der Waals surface area contributed by atoms with Crippen molar-refractivity contribution in [3.8, 4) is 0 Å². The first-order valence-electron chi connectivity index (χ1n) is 10.7. The lowest BCUT2D eigenvalue weighted by atomic mass is 9.92. The molecule has 0 bridgehead atoms. The largest absolute Gasteiger partial charge is 0.490 e. The third-order valence-electron chi connectivity index (χ3n) is 6.20. The van der Waals surface area contributed by atoms with Gasteiger partial charge in [-0.15, -0.1) is 0 Å². The Hall–Kier alpha value is -2.96. The van der Waals surface area contributed by atoms with Gasteiger partial charge in [-0.2, -0.15) is 17.5 Å². The third kappa shape index (κ3) is 5.82. The van der Waals surface area contributed by atoms with E-state index in [1.807, 2.05) is 61.3 Å². The number of para-hydroxylation sites is 1. The lowest BCUT2D eigenvalue weighted by molar-refractivity contribution is -0.192. The second-order valence-electron chi connectivity index (χ2n) is 8.60. The Morgan fingerprint density at radius 1 is 1.03 bits per heavy atom. The van der Waals surface area contributed by atoms with Crippen molar-refractivity contribution in [1.82, 2.24) is 9.21 Å². The molecule has 2 aliphatic heterocycles. The van der Waals surface area contributed by atoms with Crippen LogP contribution in [0.3, 0.4) is 0 Å². The highest BCUT2D eigenvalue weighted by Gasteiger charge is 2.50. The molecule has 8 nitrogen and oxygen atoms in total. The minimum atomic E-state index is -5.08. The van der Waals surface area contributed by atoms with E-state index >= 15 is 0 Å². The van der Waals surface area contributed by atoms with Crippen molar-refractivity contribution in [3.05, 3.63) is 60.2 Å². The quantitative estimate of drug-likeness (QED) is 0.678. The van der Waals surface area contributed by atoms with E-state index in [1.165, 1.54) is 0 Å². The summed E-state index contributed by atoms with van der Waals surface area (Å²) in [5, 5.41) is 7.12. The molecular formula is C23H26F3N3O5S. The van der Waals surface area contributed by atoms with Crippen LogP contribution in [0.15, 0.2) is 59.5 Å². The number of carbonyl (C=O) groups excluding carboxylic acids is 1. The first-order chi connectivity index (χ1) is 16.3. The summed E-state index contributed by atoms with van der Waals surface area (Å²) in [5.41, 5.74) is 1.52. The first kappa shape index (κ1) is 26.6. The van der Waals surface area contributed by atoms with Crippen molar-refractivity contribution in [2.24, 2.45) is 0 Å². The van der Waals surface area contributed by atoms with Gasteiger partial charge in [-0.25, -0.2) is 13.2 Å². The zero-order valence-electron chi connectivity index (χ0n) is 19.2. The number of hydrogen-bond acceptors (Lipinski definition) is 5. The number of amides is 1. The number of likely N-dealkylation sites (N-methyl/N-ethyl adjacent to an activating group) is 1. The van der Waals surface area contributed by atoms with Crippen molar-refractivity contribution in [1.29, 1.82) is 0 Å². The Balaban J connectivity index is 0.000000429. The number of rotatable bonds is 3. The number of halogens is 3. The number of carboxylic acid groups (broad SMARTS) is 1. The lowest BCUT2D eigenvalue weighted by Gasteiger charge is -2.46. The highest BCUT2D eigenvalue weighted by atomic mass is 32.2. The second-order valence-corrected chi connectivity index (χ2v) is 10.5. The molecule has 2 fully saturated rings. The van der Waals surface area contributed by atoms with E-state index in [0.29, 0.717) is 31.0 Å². The topological polar surface area (TPSA) is 98.2 Å². The molecule has 2 saturated heterocycles. The van der Waals surface area contributed by atoms with Crippen molar-refractivity contribution in [2.75, 3.05) is 38.1 Å². The molecular weight excluding hydrogens is 487 g/mol. The molecule has 0 radical (unpaired) electrons. The summed E-state index contributed by atoms with van der Waals surface area (Å²) < 4.78 is 59.5. The van der Waals surface area contributed by atoms with E-state index in [4.69, 9.17) is 9.90 Å². The fraction of sp³-hybridized carbons (Fsp3) is 0.391. The second kappa shape index (κ2) is 9.96. The molecule has 0 aliphatic carbocycles. The Bertz CT molecular complexity index is 1170. The molecule has 1 N–H and O–H groups in total. The van der Waals surface area contributed by atoms with Gasteiger partial charge in [0.05, 0.1) is 17.0 Å². The fourth-order valence-corrected chi connectivity index (χ4v) is 5.65. The van der Waals surface area contributed by atoms with Crippen molar-refractivity contribution < 1.29 is 36.3 Å². The highest BCUT2D eigenvalue weighted by Crippen LogP contribution is 2.35. The molecule has 1 unspecified atom stereocenters. The predicted octanol–water partition coefficient (Wildman–Crippen LogP) is 2.74. The summed E-state index contributed by atoms with van der Waals surface area (Å²) in [5.74, 6) is -2.72. The molecule has 1 spiro atoms. The standard InChI is InChI=1S/C21H25N3O3S.C2HF3O2/c1-17-8-10-19(11-9-17)28(26,27)23-13-12-21(15-23)16-24(20(25)14-22(21)2)18-6-4-3-5-7-18;3-2(4,5)1(6)7/h3-11H,12-16H2,1-2H3;(H,6,7). The van der Waals surface area contributed by atoms with Gasteiger partial charge in [-0.1, -0.05) is 35.9 Å². The molecule has 0 aromatic heterocycles. The zero-order chi connectivity index (χ0) is 26.0. The molecule has 12 heteroatoms. The maximum atomic E-state index is 13.1. The summed E-state index contributed by atoms with van der Waals surface area (Å²) in [4.78, 5) is 25.7. The minimum Gasteiger partial charge on any atom is -0.475 e. The van der Waals surface area contributed by atoms with Crippen LogP contribution >= 0.6 is 0 Å². The zero-order valence-corrected chi connectivity index (χ0v) is 20.0. The van der Waals surface area contributed by atoms with E-state index in [0.717, 1.165) is 11.3 Å². The van der Waals surface area contributed by atoms with Gasteiger partial charge < -0.3 is 10.0 Å². The molecule has 190 valence electrons. The van der Waals surface area contributed by atoms with Gasteiger partial charge in [0.25, 0.3) is 0 Å². The van der Waals surface area contributed by atoms with Gasteiger partial charge in [0, 0.05) is 25.3 Å². The van der Waals surface area contributed by atoms with Crippen molar-refractivity contribution in [3.63, 3.8) is 0 Å². The number of alkyl halides is 3. The number of benzene rings is 2. The Morgan fingerprint density at radius 2 is 1.60 bits per heavy atom. The van der Waals surface area contributed by atoms with Crippen LogP contribution in [0.25, 0.3) is 0 Å². The summed E-state index contributed by atoms with van der Waals surface area (Å²) in [6.07, 6.45) is -4.38. The van der Waals surface area contributed by atoms with Crippen LogP contribution in [-0.4, -0.2) is 79.5 Å². The number of hydrogen-bond donors (Lipinski definition) is 1. The third-order valence-corrected chi connectivity index (χ3v) is 8.06. The van der Waals surface area contributed by atoms with Crippen LogP contribution < -0.4 is 4.90 Å². The number of anilines is 1. The smallest absolute Gasteiger partial charge is 0.475 e.